The maximum absolute atomic E-state index is 11.8. The van der Waals surface area contributed by atoms with Gasteiger partial charge in [0.05, 0.1) is 41.2 Å². The van der Waals surface area contributed by atoms with Crippen molar-refractivity contribution in [3.8, 4) is 22.8 Å². The second-order valence-electron chi connectivity index (χ2n) is 9.87. The van der Waals surface area contributed by atoms with Crippen molar-refractivity contribution in [3.63, 3.8) is 0 Å². The SMILES string of the molecule is COc1ccncc1-c1cc2c(cnn2-c2cc(N3C[C@H](CS(C)(=O)=O)[C@H]3C)cc(C(C)C)n2)c(Cl)n1. The van der Waals surface area contributed by atoms with Gasteiger partial charge < -0.3 is 9.64 Å². The standard InChI is InChI=1S/C26H29ClN6O3S/c1-15(2)21-8-18(32-13-17(16(32)3)14-37(5,34)35)9-25(30-21)33-23-10-22(31-26(27)20(23)12-29-33)19-11-28-7-6-24(19)36-4/h6-12,15-17H,13-14H2,1-5H3/t16-,17-/m1/s1. The summed E-state index contributed by atoms with van der Waals surface area (Å²) in [5, 5.41) is 5.65. The monoisotopic (exact) mass is 540 g/mol. The van der Waals surface area contributed by atoms with E-state index in [2.05, 4.69) is 46.8 Å². The summed E-state index contributed by atoms with van der Waals surface area (Å²) < 4.78 is 30.9. The fourth-order valence-corrected chi connectivity index (χ4v) is 6.16. The highest BCUT2D eigenvalue weighted by Gasteiger charge is 2.38. The molecule has 0 bridgehead atoms. The Balaban J connectivity index is 1.59. The van der Waals surface area contributed by atoms with E-state index in [0.29, 0.717) is 34.3 Å². The van der Waals surface area contributed by atoms with Crippen LogP contribution in [0.1, 0.15) is 32.4 Å². The molecule has 0 radical (unpaired) electrons. The molecular formula is C26H29ClN6O3S. The van der Waals surface area contributed by atoms with E-state index in [1.807, 2.05) is 12.1 Å². The zero-order valence-electron chi connectivity index (χ0n) is 21.4. The van der Waals surface area contributed by atoms with Crippen LogP contribution in [-0.4, -0.2) is 64.9 Å². The highest BCUT2D eigenvalue weighted by atomic mass is 35.5. The van der Waals surface area contributed by atoms with Crippen molar-refractivity contribution >= 4 is 38.0 Å². The average molecular weight is 541 g/mol. The molecule has 194 valence electrons. The minimum Gasteiger partial charge on any atom is -0.496 e. The molecule has 5 heterocycles. The number of sulfone groups is 1. The van der Waals surface area contributed by atoms with Gasteiger partial charge in [0, 0.05) is 54.6 Å². The molecule has 0 aliphatic carbocycles. The molecule has 0 unspecified atom stereocenters. The van der Waals surface area contributed by atoms with Crippen LogP contribution in [0.5, 0.6) is 5.75 Å². The second kappa shape index (κ2) is 9.57. The quantitative estimate of drug-likeness (QED) is 0.315. The Hall–Kier alpha value is -3.24. The number of ether oxygens (including phenoxy) is 1. The molecule has 4 aromatic rings. The lowest BCUT2D eigenvalue weighted by atomic mass is 9.90. The minimum atomic E-state index is -3.03. The number of halogens is 1. The lowest BCUT2D eigenvalue weighted by Crippen LogP contribution is -2.57. The van der Waals surface area contributed by atoms with Crippen LogP contribution in [0.25, 0.3) is 28.0 Å². The van der Waals surface area contributed by atoms with Crippen LogP contribution in [-0.2, 0) is 9.84 Å². The van der Waals surface area contributed by atoms with Crippen LogP contribution in [0, 0.1) is 5.92 Å². The van der Waals surface area contributed by atoms with E-state index >= 15 is 0 Å². The molecule has 0 aromatic carbocycles. The Morgan fingerprint density at radius 3 is 2.65 bits per heavy atom. The third-order valence-electron chi connectivity index (χ3n) is 6.88. The van der Waals surface area contributed by atoms with Gasteiger partial charge in [0.15, 0.2) is 5.82 Å². The van der Waals surface area contributed by atoms with Crippen LogP contribution in [0.15, 0.2) is 42.9 Å². The molecule has 0 spiro atoms. The Morgan fingerprint density at radius 1 is 1.19 bits per heavy atom. The fourth-order valence-electron chi connectivity index (χ4n) is 4.76. The maximum Gasteiger partial charge on any atom is 0.156 e. The van der Waals surface area contributed by atoms with E-state index < -0.39 is 9.84 Å². The first-order valence-corrected chi connectivity index (χ1v) is 14.5. The van der Waals surface area contributed by atoms with Gasteiger partial charge in [0.25, 0.3) is 0 Å². The van der Waals surface area contributed by atoms with Crippen molar-refractivity contribution in [2.45, 2.75) is 32.7 Å². The van der Waals surface area contributed by atoms with Crippen molar-refractivity contribution < 1.29 is 13.2 Å². The first kappa shape index (κ1) is 25.4. The number of fused-ring (bicyclic) bond motifs is 1. The van der Waals surface area contributed by atoms with Gasteiger partial charge in [-0.15, -0.1) is 0 Å². The number of methoxy groups -OCH3 is 1. The lowest BCUT2D eigenvalue weighted by Gasteiger charge is -2.48. The summed E-state index contributed by atoms with van der Waals surface area (Å²) >= 11 is 6.59. The molecule has 0 saturated carbocycles. The number of rotatable bonds is 7. The molecule has 1 saturated heterocycles. The first-order chi connectivity index (χ1) is 17.6. The van der Waals surface area contributed by atoms with E-state index in [1.54, 1.807) is 36.4 Å². The van der Waals surface area contributed by atoms with Crippen molar-refractivity contribution in [3.05, 3.63) is 53.7 Å². The third kappa shape index (κ3) is 4.87. The predicted molar refractivity (Wildman–Crippen MR) is 146 cm³/mol. The number of anilines is 1. The van der Waals surface area contributed by atoms with Crippen molar-refractivity contribution in [1.29, 1.82) is 0 Å². The van der Waals surface area contributed by atoms with E-state index in [1.165, 1.54) is 6.26 Å². The van der Waals surface area contributed by atoms with Crippen molar-refractivity contribution in [2.24, 2.45) is 5.92 Å². The summed E-state index contributed by atoms with van der Waals surface area (Å²) in [6, 6.07) is 7.85. The van der Waals surface area contributed by atoms with Gasteiger partial charge in [0.2, 0.25) is 0 Å². The number of pyridine rings is 3. The van der Waals surface area contributed by atoms with E-state index in [0.717, 1.165) is 22.5 Å². The Kier molecular flexibility index (Phi) is 6.57. The summed E-state index contributed by atoms with van der Waals surface area (Å²) in [5.41, 5.74) is 4.00. The molecule has 2 atom stereocenters. The Labute approximate surface area is 221 Å². The number of hydrogen-bond donors (Lipinski definition) is 0. The van der Waals surface area contributed by atoms with Crippen LogP contribution >= 0.6 is 11.6 Å². The van der Waals surface area contributed by atoms with Crippen LogP contribution in [0.2, 0.25) is 5.15 Å². The van der Waals surface area contributed by atoms with E-state index in [4.69, 9.17) is 21.3 Å². The molecule has 5 rings (SSSR count). The predicted octanol–water partition coefficient (Wildman–Crippen LogP) is 4.53. The normalized spacial score (nSPS) is 17.9. The summed E-state index contributed by atoms with van der Waals surface area (Å²) in [4.78, 5) is 15.9. The van der Waals surface area contributed by atoms with Crippen molar-refractivity contribution in [2.75, 3.05) is 30.6 Å². The van der Waals surface area contributed by atoms with E-state index in [9.17, 15) is 8.42 Å². The van der Waals surface area contributed by atoms with Gasteiger partial charge in [-0.1, -0.05) is 25.4 Å². The topological polar surface area (TPSA) is 103 Å². The summed E-state index contributed by atoms with van der Waals surface area (Å²) in [5.74, 6) is 1.77. The zero-order valence-corrected chi connectivity index (χ0v) is 23.0. The molecule has 4 aromatic heterocycles. The Morgan fingerprint density at radius 2 is 1.97 bits per heavy atom. The largest absolute Gasteiger partial charge is 0.496 e. The molecule has 1 fully saturated rings. The fraction of sp³-hybridized carbons (Fsp3) is 0.385. The zero-order chi connectivity index (χ0) is 26.5. The van der Waals surface area contributed by atoms with Gasteiger partial charge in [-0.05, 0) is 31.0 Å². The summed E-state index contributed by atoms with van der Waals surface area (Å²) in [6.07, 6.45) is 6.33. The molecule has 9 nitrogen and oxygen atoms in total. The molecular weight excluding hydrogens is 512 g/mol. The Bertz CT molecular complexity index is 1590. The second-order valence-corrected chi connectivity index (χ2v) is 12.4. The lowest BCUT2D eigenvalue weighted by molar-refractivity contribution is 0.341. The number of nitrogens with zero attached hydrogens (tertiary/aromatic N) is 6. The van der Waals surface area contributed by atoms with Gasteiger partial charge >= 0.3 is 0 Å². The molecule has 1 aliphatic heterocycles. The third-order valence-corrected chi connectivity index (χ3v) is 8.20. The van der Waals surface area contributed by atoms with Crippen LogP contribution in [0.4, 0.5) is 5.69 Å². The van der Waals surface area contributed by atoms with Gasteiger partial charge in [-0.25, -0.2) is 23.1 Å². The van der Waals surface area contributed by atoms with Crippen LogP contribution < -0.4 is 9.64 Å². The minimum absolute atomic E-state index is 0.0987. The first-order valence-electron chi connectivity index (χ1n) is 12.0. The smallest absolute Gasteiger partial charge is 0.156 e. The molecule has 1 aliphatic rings. The maximum atomic E-state index is 11.8. The number of aromatic nitrogens is 5. The summed E-state index contributed by atoms with van der Waals surface area (Å²) in [7, 11) is -1.43. The van der Waals surface area contributed by atoms with Crippen LogP contribution in [0.3, 0.4) is 0 Å². The van der Waals surface area contributed by atoms with E-state index in [-0.39, 0.29) is 23.6 Å². The van der Waals surface area contributed by atoms with Gasteiger partial charge in [-0.3, -0.25) is 4.98 Å². The molecule has 11 heteroatoms. The van der Waals surface area contributed by atoms with Gasteiger partial charge in [0.1, 0.15) is 20.7 Å². The van der Waals surface area contributed by atoms with Crippen molar-refractivity contribution in [1.82, 2.24) is 24.7 Å². The van der Waals surface area contributed by atoms with Gasteiger partial charge in [-0.2, -0.15) is 5.10 Å². The number of hydrogen-bond acceptors (Lipinski definition) is 8. The summed E-state index contributed by atoms with van der Waals surface area (Å²) in [6.45, 7) is 6.93. The highest BCUT2D eigenvalue weighted by molar-refractivity contribution is 7.90. The molecule has 37 heavy (non-hydrogen) atoms. The molecule has 0 amide bonds. The highest BCUT2D eigenvalue weighted by Crippen LogP contribution is 2.36. The average Bonchev–Trinajstić information content (AvgIpc) is 3.30. The molecule has 0 N–H and O–H groups in total.